The molecule has 2 rings (SSSR count). The average molecular weight is 189 g/mol. The summed E-state index contributed by atoms with van der Waals surface area (Å²) in [5, 5.41) is 2.20. The van der Waals surface area contributed by atoms with Gasteiger partial charge in [-0.15, -0.1) is 0 Å². The molecule has 0 radical (unpaired) electrons. The molecule has 0 unspecified atom stereocenters. The molecule has 1 N–H and O–H groups in total. The van der Waals surface area contributed by atoms with Gasteiger partial charge >= 0.3 is 0 Å². The third kappa shape index (κ3) is 1.19. The summed E-state index contributed by atoms with van der Waals surface area (Å²) in [5.41, 5.74) is 1.12. The highest BCUT2D eigenvalue weighted by molar-refractivity contribution is 6.35. The Morgan fingerprint density at radius 3 is 2.50 bits per heavy atom. The van der Waals surface area contributed by atoms with Gasteiger partial charge in [-0.1, -0.05) is 0 Å². The van der Waals surface area contributed by atoms with Gasteiger partial charge in [0.15, 0.2) is 0 Å². The first kappa shape index (κ1) is 8.55. The molecule has 1 aromatic heterocycles. The van der Waals surface area contributed by atoms with Crippen molar-refractivity contribution in [1.82, 2.24) is 15.3 Å². The Balaban J connectivity index is 2.54. The van der Waals surface area contributed by atoms with Crippen molar-refractivity contribution in [2.24, 2.45) is 0 Å². The number of hydrogen-bond donors (Lipinski definition) is 1. The smallest absolute Gasteiger partial charge is 0.260 e. The van der Waals surface area contributed by atoms with E-state index in [9.17, 15) is 9.59 Å². The number of nitrogens with one attached hydrogen (secondary N) is 1. The van der Waals surface area contributed by atoms with E-state index in [1.807, 2.05) is 0 Å². The topological polar surface area (TPSA) is 72.0 Å². The second-order valence-electron chi connectivity index (χ2n) is 2.87. The average Bonchev–Trinajstić information content (AvgIpc) is 2.43. The maximum Gasteiger partial charge on any atom is 0.260 e. The first-order valence-corrected chi connectivity index (χ1v) is 4.03. The van der Waals surface area contributed by atoms with Crippen LogP contribution in [-0.2, 0) is 9.59 Å². The molecule has 5 nitrogen and oxygen atoms in total. The van der Waals surface area contributed by atoms with Gasteiger partial charge in [-0.25, -0.2) is 0 Å². The van der Waals surface area contributed by atoms with Crippen LogP contribution in [0.1, 0.15) is 12.6 Å². The van der Waals surface area contributed by atoms with Crippen LogP contribution in [0, 0.1) is 0 Å². The highest BCUT2D eigenvalue weighted by atomic mass is 16.2. The van der Waals surface area contributed by atoms with Crippen LogP contribution in [0.5, 0.6) is 0 Å². The van der Waals surface area contributed by atoms with E-state index in [0.717, 1.165) is 0 Å². The molecule has 0 aliphatic carbocycles. The SMILES string of the molecule is CC1=C(c2cnccn2)C(=O)NC1=O. The van der Waals surface area contributed by atoms with Crippen molar-refractivity contribution < 1.29 is 9.59 Å². The molecule has 2 heterocycles. The Bertz CT molecular complexity index is 437. The third-order valence-electron chi connectivity index (χ3n) is 1.99. The maximum atomic E-state index is 11.3. The quantitative estimate of drug-likeness (QED) is 0.626. The maximum absolute atomic E-state index is 11.3. The van der Waals surface area contributed by atoms with Crippen molar-refractivity contribution in [2.45, 2.75) is 6.92 Å². The molecule has 0 fully saturated rings. The molecule has 70 valence electrons. The third-order valence-corrected chi connectivity index (χ3v) is 1.99. The van der Waals surface area contributed by atoms with Crippen LogP contribution in [0.25, 0.3) is 5.57 Å². The van der Waals surface area contributed by atoms with E-state index < -0.39 is 5.91 Å². The van der Waals surface area contributed by atoms with Crippen LogP contribution in [-0.4, -0.2) is 21.8 Å². The summed E-state index contributed by atoms with van der Waals surface area (Å²) in [4.78, 5) is 30.3. The van der Waals surface area contributed by atoms with Crippen molar-refractivity contribution in [2.75, 3.05) is 0 Å². The molecule has 1 aliphatic heterocycles. The lowest BCUT2D eigenvalue weighted by molar-refractivity contribution is -0.123. The number of rotatable bonds is 1. The Morgan fingerprint density at radius 1 is 1.21 bits per heavy atom. The van der Waals surface area contributed by atoms with Gasteiger partial charge in [0.2, 0.25) is 0 Å². The Morgan fingerprint density at radius 2 is 2.00 bits per heavy atom. The minimum absolute atomic E-state index is 0.308. The lowest BCUT2D eigenvalue weighted by Gasteiger charge is -1.97. The monoisotopic (exact) mass is 189 g/mol. The zero-order valence-electron chi connectivity index (χ0n) is 7.44. The second-order valence-corrected chi connectivity index (χ2v) is 2.87. The van der Waals surface area contributed by atoms with E-state index in [0.29, 0.717) is 16.8 Å². The van der Waals surface area contributed by atoms with Gasteiger partial charge in [-0.2, -0.15) is 0 Å². The minimum atomic E-state index is -0.409. The second kappa shape index (κ2) is 3.02. The highest BCUT2D eigenvalue weighted by Crippen LogP contribution is 2.20. The number of carbonyl (C=O) groups excluding carboxylic acids is 2. The number of imide groups is 1. The molecule has 0 spiro atoms. The molecule has 0 aromatic carbocycles. The number of carbonyl (C=O) groups is 2. The van der Waals surface area contributed by atoms with Crippen molar-refractivity contribution in [3.05, 3.63) is 29.9 Å². The molecule has 5 heteroatoms. The van der Waals surface area contributed by atoms with Crippen LogP contribution in [0.2, 0.25) is 0 Å². The van der Waals surface area contributed by atoms with E-state index in [2.05, 4.69) is 15.3 Å². The largest absolute Gasteiger partial charge is 0.288 e. The Hall–Kier alpha value is -2.04. The predicted octanol–water partition coefficient (Wildman–Crippen LogP) is -0.0935. The van der Waals surface area contributed by atoms with Gasteiger partial charge in [0.1, 0.15) is 0 Å². The zero-order chi connectivity index (χ0) is 10.1. The molecule has 0 atom stereocenters. The predicted molar refractivity (Wildman–Crippen MR) is 47.8 cm³/mol. The molecular formula is C9H7N3O2. The fourth-order valence-corrected chi connectivity index (χ4v) is 1.28. The van der Waals surface area contributed by atoms with Gasteiger partial charge in [0.05, 0.1) is 17.5 Å². The lowest BCUT2D eigenvalue weighted by atomic mass is 10.1. The summed E-state index contributed by atoms with van der Waals surface area (Å²) in [6.07, 6.45) is 4.44. The van der Waals surface area contributed by atoms with Crippen molar-refractivity contribution in [3.8, 4) is 0 Å². The molecule has 0 saturated carbocycles. The summed E-state index contributed by atoms with van der Waals surface area (Å²) >= 11 is 0. The van der Waals surface area contributed by atoms with E-state index in [1.165, 1.54) is 18.6 Å². The summed E-state index contributed by atoms with van der Waals surface area (Å²) in [6.45, 7) is 1.59. The van der Waals surface area contributed by atoms with Crippen LogP contribution in [0.3, 0.4) is 0 Å². The summed E-state index contributed by atoms with van der Waals surface area (Å²) in [6, 6.07) is 0. The fraction of sp³-hybridized carbons (Fsp3) is 0.111. The number of aromatic nitrogens is 2. The van der Waals surface area contributed by atoms with Gasteiger partial charge in [0, 0.05) is 18.0 Å². The Labute approximate surface area is 79.9 Å². The number of amides is 2. The van der Waals surface area contributed by atoms with Gasteiger partial charge in [0.25, 0.3) is 11.8 Å². The molecular weight excluding hydrogens is 182 g/mol. The molecule has 14 heavy (non-hydrogen) atoms. The molecule has 0 bridgehead atoms. The summed E-state index contributed by atoms with van der Waals surface area (Å²) in [5.74, 6) is -0.774. The van der Waals surface area contributed by atoms with E-state index in [-0.39, 0.29) is 5.91 Å². The number of nitrogens with zero attached hydrogens (tertiary/aromatic N) is 2. The lowest BCUT2D eigenvalue weighted by Crippen LogP contribution is -2.22. The first-order valence-electron chi connectivity index (χ1n) is 4.03. The van der Waals surface area contributed by atoms with Gasteiger partial charge in [-0.05, 0) is 6.92 Å². The van der Waals surface area contributed by atoms with E-state index in [4.69, 9.17) is 0 Å². The normalized spacial score (nSPS) is 16.1. The standard InChI is InChI=1S/C9H7N3O2/c1-5-7(9(14)12-8(5)13)6-4-10-2-3-11-6/h2-4H,1H3,(H,12,13,14). The van der Waals surface area contributed by atoms with Gasteiger partial charge < -0.3 is 0 Å². The fourth-order valence-electron chi connectivity index (χ4n) is 1.28. The van der Waals surface area contributed by atoms with Crippen LogP contribution in [0.4, 0.5) is 0 Å². The van der Waals surface area contributed by atoms with Crippen molar-refractivity contribution >= 4 is 17.4 Å². The summed E-state index contributed by atoms with van der Waals surface area (Å²) in [7, 11) is 0. The Kier molecular flexibility index (Phi) is 1.85. The molecule has 0 saturated heterocycles. The van der Waals surface area contributed by atoms with Gasteiger partial charge in [-0.3, -0.25) is 24.9 Å². The molecule has 1 aliphatic rings. The van der Waals surface area contributed by atoms with Crippen molar-refractivity contribution in [3.63, 3.8) is 0 Å². The molecule has 1 aromatic rings. The minimum Gasteiger partial charge on any atom is -0.288 e. The van der Waals surface area contributed by atoms with Crippen LogP contribution in [0.15, 0.2) is 24.2 Å². The van der Waals surface area contributed by atoms with Crippen LogP contribution < -0.4 is 5.32 Å². The highest BCUT2D eigenvalue weighted by Gasteiger charge is 2.28. The van der Waals surface area contributed by atoms with E-state index >= 15 is 0 Å². The van der Waals surface area contributed by atoms with E-state index in [1.54, 1.807) is 6.92 Å². The zero-order valence-corrected chi connectivity index (χ0v) is 7.44. The molecule has 2 amide bonds. The van der Waals surface area contributed by atoms with Crippen LogP contribution >= 0.6 is 0 Å². The number of hydrogen-bond acceptors (Lipinski definition) is 4. The van der Waals surface area contributed by atoms with Crippen molar-refractivity contribution in [1.29, 1.82) is 0 Å². The first-order chi connectivity index (χ1) is 6.70. The summed E-state index contributed by atoms with van der Waals surface area (Å²) < 4.78 is 0.